The van der Waals surface area contributed by atoms with Crippen molar-refractivity contribution in [1.82, 2.24) is 4.98 Å². The zero-order valence-corrected chi connectivity index (χ0v) is 12.7. The van der Waals surface area contributed by atoms with Crippen LogP contribution in [0.4, 0.5) is 10.1 Å². The minimum Gasteiger partial charge on any atom is -0.470 e. The lowest BCUT2D eigenvalue weighted by atomic mass is 10.2. The maximum atomic E-state index is 13.8. The van der Waals surface area contributed by atoms with E-state index < -0.39 is 11.4 Å². The summed E-state index contributed by atoms with van der Waals surface area (Å²) in [6.45, 7) is 5.62. The Morgan fingerprint density at radius 2 is 1.90 bits per heavy atom. The lowest BCUT2D eigenvalue weighted by Gasteiger charge is -2.21. The van der Waals surface area contributed by atoms with E-state index in [2.05, 4.69) is 4.98 Å². The van der Waals surface area contributed by atoms with Crippen LogP contribution in [0.2, 0.25) is 5.02 Å². The molecule has 0 bridgehead atoms. The number of rotatable bonds is 3. The molecule has 0 aliphatic heterocycles. The number of hydrogen-bond acceptors (Lipinski definition) is 4. The number of halogens is 2. The number of nitrogen functional groups attached to an aromatic ring is 1. The van der Waals surface area contributed by atoms with E-state index in [1.54, 1.807) is 12.1 Å². The molecule has 0 fully saturated rings. The molecule has 1 aromatic heterocycles. The molecule has 0 aliphatic rings. The Hall–Kier alpha value is -2.01. The zero-order valence-electron chi connectivity index (χ0n) is 12.0. The van der Waals surface area contributed by atoms with Crippen LogP contribution in [0, 0.1) is 5.82 Å². The standard InChI is InChI=1S/C15H16ClFN2O2/c1-15(2,3)21-14-10(18)7-8-12(19-14)20-11-6-4-5-9(16)13(11)17/h4-8H,18H2,1-3H3. The van der Waals surface area contributed by atoms with Gasteiger partial charge in [0.1, 0.15) is 5.60 Å². The second-order valence-electron chi connectivity index (χ2n) is 5.41. The number of nitrogens with zero attached hydrogens (tertiary/aromatic N) is 1. The molecule has 0 amide bonds. The first kappa shape index (κ1) is 15.4. The highest BCUT2D eigenvalue weighted by Crippen LogP contribution is 2.31. The third-order valence-electron chi connectivity index (χ3n) is 2.40. The van der Waals surface area contributed by atoms with Crippen LogP contribution < -0.4 is 15.2 Å². The van der Waals surface area contributed by atoms with Crippen LogP contribution in [0.5, 0.6) is 17.5 Å². The maximum Gasteiger partial charge on any atom is 0.241 e. The normalized spacial score (nSPS) is 11.3. The van der Waals surface area contributed by atoms with Gasteiger partial charge in [0.05, 0.1) is 10.7 Å². The number of nitrogens with two attached hydrogens (primary N) is 1. The van der Waals surface area contributed by atoms with Crippen molar-refractivity contribution in [1.29, 1.82) is 0 Å². The Bertz CT molecular complexity index is 657. The third kappa shape index (κ3) is 3.98. The monoisotopic (exact) mass is 310 g/mol. The highest BCUT2D eigenvalue weighted by Gasteiger charge is 2.16. The summed E-state index contributed by atoms with van der Waals surface area (Å²) in [6, 6.07) is 7.61. The first-order valence-electron chi connectivity index (χ1n) is 6.34. The number of benzene rings is 1. The first-order chi connectivity index (χ1) is 9.76. The summed E-state index contributed by atoms with van der Waals surface area (Å²) in [5.74, 6) is -0.246. The molecule has 0 saturated heterocycles. The molecule has 2 N–H and O–H groups in total. The molecule has 2 aromatic rings. The van der Waals surface area contributed by atoms with Gasteiger partial charge in [0.2, 0.25) is 11.8 Å². The predicted molar refractivity (Wildman–Crippen MR) is 80.5 cm³/mol. The summed E-state index contributed by atoms with van der Waals surface area (Å²) in [5, 5.41) is -0.0193. The van der Waals surface area contributed by atoms with Crippen molar-refractivity contribution in [2.45, 2.75) is 26.4 Å². The van der Waals surface area contributed by atoms with E-state index >= 15 is 0 Å². The van der Waals surface area contributed by atoms with E-state index in [9.17, 15) is 4.39 Å². The van der Waals surface area contributed by atoms with Crippen molar-refractivity contribution in [3.05, 3.63) is 41.2 Å². The average molecular weight is 311 g/mol. The molecule has 0 spiro atoms. The molecule has 0 radical (unpaired) electrons. The van der Waals surface area contributed by atoms with E-state index in [0.717, 1.165) is 0 Å². The highest BCUT2D eigenvalue weighted by atomic mass is 35.5. The van der Waals surface area contributed by atoms with Crippen LogP contribution in [0.1, 0.15) is 20.8 Å². The summed E-state index contributed by atoms with van der Waals surface area (Å²) < 4.78 is 24.8. The molecular formula is C15H16ClFN2O2. The summed E-state index contributed by atoms with van der Waals surface area (Å²) in [6.07, 6.45) is 0. The van der Waals surface area contributed by atoms with E-state index in [0.29, 0.717) is 5.69 Å². The van der Waals surface area contributed by atoms with Crippen molar-refractivity contribution in [2.24, 2.45) is 0 Å². The number of aromatic nitrogens is 1. The molecule has 4 nitrogen and oxygen atoms in total. The van der Waals surface area contributed by atoms with Crippen LogP contribution in [0.3, 0.4) is 0 Å². The lowest BCUT2D eigenvalue weighted by molar-refractivity contribution is 0.124. The lowest BCUT2D eigenvalue weighted by Crippen LogP contribution is -2.24. The second kappa shape index (κ2) is 5.77. The van der Waals surface area contributed by atoms with E-state index in [-0.39, 0.29) is 22.5 Å². The summed E-state index contributed by atoms with van der Waals surface area (Å²) in [7, 11) is 0. The molecule has 0 atom stereocenters. The van der Waals surface area contributed by atoms with Crippen LogP contribution in [0.25, 0.3) is 0 Å². The molecule has 0 aliphatic carbocycles. The zero-order chi connectivity index (χ0) is 15.6. The van der Waals surface area contributed by atoms with Gasteiger partial charge in [0, 0.05) is 6.07 Å². The Labute approximate surface area is 127 Å². The second-order valence-corrected chi connectivity index (χ2v) is 5.82. The van der Waals surface area contributed by atoms with Gasteiger partial charge in [0.25, 0.3) is 0 Å². The molecule has 112 valence electrons. The van der Waals surface area contributed by atoms with Crippen LogP contribution in [0.15, 0.2) is 30.3 Å². The number of pyridine rings is 1. The molecule has 0 saturated carbocycles. The summed E-state index contributed by atoms with van der Waals surface area (Å²) in [4.78, 5) is 4.14. The largest absolute Gasteiger partial charge is 0.470 e. The van der Waals surface area contributed by atoms with E-state index in [4.69, 9.17) is 26.8 Å². The topological polar surface area (TPSA) is 57.4 Å². The van der Waals surface area contributed by atoms with E-state index in [1.165, 1.54) is 18.2 Å². The SMILES string of the molecule is CC(C)(C)Oc1nc(Oc2cccc(Cl)c2F)ccc1N. The van der Waals surface area contributed by atoms with Gasteiger partial charge >= 0.3 is 0 Å². The minimum atomic E-state index is -0.643. The average Bonchev–Trinajstić information content (AvgIpc) is 2.37. The van der Waals surface area contributed by atoms with Gasteiger partial charge in [-0.25, -0.2) is 4.39 Å². The molecule has 1 aromatic carbocycles. The first-order valence-corrected chi connectivity index (χ1v) is 6.71. The van der Waals surface area contributed by atoms with Crippen molar-refractivity contribution >= 4 is 17.3 Å². The Morgan fingerprint density at radius 1 is 1.19 bits per heavy atom. The fourth-order valence-electron chi connectivity index (χ4n) is 1.54. The molecule has 1 heterocycles. The van der Waals surface area contributed by atoms with Crippen molar-refractivity contribution in [3.63, 3.8) is 0 Å². The van der Waals surface area contributed by atoms with Crippen molar-refractivity contribution in [3.8, 4) is 17.5 Å². The van der Waals surface area contributed by atoms with Gasteiger partial charge in [0.15, 0.2) is 11.6 Å². The Morgan fingerprint density at radius 3 is 2.57 bits per heavy atom. The molecule has 0 unspecified atom stereocenters. The number of ether oxygens (including phenoxy) is 2. The minimum absolute atomic E-state index is 0.0125. The van der Waals surface area contributed by atoms with Gasteiger partial charge in [-0.2, -0.15) is 4.98 Å². The third-order valence-corrected chi connectivity index (χ3v) is 2.69. The Balaban J connectivity index is 2.29. The highest BCUT2D eigenvalue weighted by molar-refractivity contribution is 6.30. The van der Waals surface area contributed by atoms with Gasteiger partial charge in [-0.05, 0) is 39.0 Å². The molecule has 6 heteroatoms. The van der Waals surface area contributed by atoms with Gasteiger partial charge in [-0.1, -0.05) is 17.7 Å². The Kier molecular flexibility index (Phi) is 4.23. The van der Waals surface area contributed by atoms with Gasteiger partial charge < -0.3 is 15.2 Å². The van der Waals surface area contributed by atoms with Gasteiger partial charge in [-0.15, -0.1) is 0 Å². The van der Waals surface area contributed by atoms with Gasteiger partial charge in [-0.3, -0.25) is 0 Å². The molecule has 2 rings (SSSR count). The van der Waals surface area contributed by atoms with Crippen LogP contribution in [-0.2, 0) is 0 Å². The molecular weight excluding hydrogens is 295 g/mol. The molecule has 21 heavy (non-hydrogen) atoms. The number of anilines is 1. The predicted octanol–water partition coefficient (Wildman–Crippen LogP) is 4.43. The van der Waals surface area contributed by atoms with Crippen LogP contribution in [-0.4, -0.2) is 10.6 Å². The fraction of sp³-hybridized carbons (Fsp3) is 0.267. The maximum absolute atomic E-state index is 13.8. The van der Waals surface area contributed by atoms with Crippen molar-refractivity contribution in [2.75, 3.05) is 5.73 Å². The summed E-state index contributed by atoms with van der Waals surface area (Å²) in [5.41, 5.74) is 5.73. The van der Waals surface area contributed by atoms with Crippen LogP contribution >= 0.6 is 11.6 Å². The fourth-order valence-corrected chi connectivity index (χ4v) is 1.70. The summed E-state index contributed by atoms with van der Waals surface area (Å²) >= 11 is 5.70. The van der Waals surface area contributed by atoms with Crippen molar-refractivity contribution < 1.29 is 13.9 Å². The smallest absolute Gasteiger partial charge is 0.241 e. The van der Waals surface area contributed by atoms with E-state index in [1.807, 2.05) is 20.8 Å². The number of hydrogen-bond donors (Lipinski definition) is 1. The quantitative estimate of drug-likeness (QED) is 0.911.